The number of aliphatic hydroxyl groups is 3. The number of ketones is 3. The molecule has 0 amide bonds. The fraction of sp³-hybridized carbons (Fsp3) is 0.786. The Kier molecular flexibility index (Phi) is 15.1. The van der Waals surface area contributed by atoms with Gasteiger partial charge in [0.1, 0.15) is 0 Å². The van der Waals surface area contributed by atoms with Gasteiger partial charge in [-0.2, -0.15) is 92.2 Å². The Bertz CT molecular complexity index is 2160. The molecule has 3 N–H and O–H groups in total. The van der Waals surface area contributed by atoms with Crippen molar-refractivity contribution in [3.8, 4) is 0 Å². The van der Waals surface area contributed by atoms with Gasteiger partial charge >= 0.3 is 54.1 Å². The summed E-state index contributed by atoms with van der Waals surface area (Å²) in [5, 5.41) is 28.7. The Balaban J connectivity index is 0.000000276. The largest absolute Gasteiger partial charge is 0.506 e. The van der Waals surface area contributed by atoms with Gasteiger partial charge in [0, 0.05) is 85.8 Å². The van der Waals surface area contributed by atoms with Crippen molar-refractivity contribution in [2.24, 2.45) is 50.2 Å². The third-order valence-corrected chi connectivity index (χ3v) is 16.9. The van der Waals surface area contributed by atoms with E-state index >= 15 is 0 Å². The molecule has 410 valence electrons. The molecule has 28 heteroatoms. The van der Waals surface area contributed by atoms with E-state index in [4.69, 9.17) is 0 Å². The molecule has 0 aromatic heterocycles. The number of hydrogen-bond donors (Lipinski definition) is 3. The van der Waals surface area contributed by atoms with Crippen LogP contribution in [0.5, 0.6) is 0 Å². The van der Waals surface area contributed by atoms with Crippen LogP contribution in [0.4, 0.5) is 92.2 Å². The van der Waals surface area contributed by atoms with Crippen LogP contribution in [-0.4, -0.2) is 86.7 Å². The normalized spacial score (nSPS) is 32.8. The minimum atomic E-state index is -6.57. The maximum absolute atomic E-state index is 13.7. The Labute approximate surface area is 423 Å². The maximum atomic E-state index is 13.7. The molecule has 6 aliphatic carbocycles. The molecular weight excluding hydrogens is 1170 g/mol. The van der Waals surface area contributed by atoms with E-state index in [0.717, 1.165) is 0 Å². The molecule has 6 saturated carbocycles. The average molecular weight is 1220 g/mol. The summed E-state index contributed by atoms with van der Waals surface area (Å²) < 4.78 is 271. The zero-order chi connectivity index (χ0) is 54.7. The van der Waals surface area contributed by atoms with E-state index in [9.17, 15) is 122 Å². The van der Waals surface area contributed by atoms with Gasteiger partial charge < -0.3 is 15.3 Å². The Morgan fingerprint density at radius 1 is 0.400 bits per heavy atom. The number of Topliss-reactive ketones (excluding diaryl/α,β-unsaturated/α-hetero) is 3. The van der Waals surface area contributed by atoms with Gasteiger partial charge in [0.05, 0.1) is 0 Å². The van der Waals surface area contributed by atoms with Crippen molar-refractivity contribution in [2.75, 3.05) is 0 Å². The fourth-order valence-electron chi connectivity index (χ4n) is 11.0. The van der Waals surface area contributed by atoms with Gasteiger partial charge in [0.15, 0.2) is 34.6 Å². The molecule has 0 aliphatic heterocycles. The molecule has 0 saturated heterocycles. The third kappa shape index (κ3) is 7.88. The summed E-state index contributed by atoms with van der Waals surface area (Å²) in [5.41, 5.74) is -9.51. The predicted molar refractivity (Wildman–Crippen MR) is 196 cm³/mol. The predicted octanol–water partition coefficient (Wildman–Crippen LogP) is 14.0. The second kappa shape index (κ2) is 17.1. The number of rotatable bonds is 6. The van der Waals surface area contributed by atoms with Crippen LogP contribution in [-0.2, 0) is 14.4 Å². The molecule has 6 fully saturated rings. The molecule has 6 atom stereocenters. The van der Waals surface area contributed by atoms with Crippen molar-refractivity contribution in [3.63, 3.8) is 0 Å². The summed E-state index contributed by atoms with van der Waals surface area (Å²) in [4.78, 5) is 36.8. The number of fused-ring (bicyclic) bond motifs is 6. The number of alkyl halides is 21. The SMILES string of the molecule is CC12CCC(/C(=C(\O)C(F)(F)C(F)(F)C(F)(F)F)C1=O)C2(C)C.CC12CCC(C(=C(O)C(F)(F)C(F)(F)C(F)(F)F)C1=O)C2(C)C.CC12CCC(C(=O)C1=C(O)C(F)(F)C(F)(F)C(F)(F)F)C2(C)C.[Yb]. The topological polar surface area (TPSA) is 112 Å². The van der Waals surface area contributed by atoms with Crippen LogP contribution in [0.3, 0.4) is 0 Å². The van der Waals surface area contributed by atoms with Crippen molar-refractivity contribution in [2.45, 2.75) is 155 Å². The van der Waals surface area contributed by atoms with E-state index in [1.54, 1.807) is 41.5 Å². The first-order valence-corrected chi connectivity index (χ1v) is 20.5. The minimum absolute atomic E-state index is 0. The molecule has 6 bridgehead atoms. The Morgan fingerprint density at radius 3 is 0.843 bits per heavy atom. The van der Waals surface area contributed by atoms with E-state index in [0.29, 0.717) is 19.3 Å². The summed E-state index contributed by atoms with van der Waals surface area (Å²) in [5.74, 6) is -50.3. The molecule has 6 unspecified atom stereocenters. The first-order valence-electron chi connectivity index (χ1n) is 20.5. The number of carbonyl (C=O) groups is 3. The number of carbonyl (C=O) groups excluding carboxylic acids is 3. The quantitative estimate of drug-likeness (QED) is 0.139. The van der Waals surface area contributed by atoms with E-state index in [-0.39, 0.29) is 66.2 Å². The van der Waals surface area contributed by atoms with Gasteiger partial charge in [-0.15, -0.1) is 0 Å². The van der Waals surface area contributed by atoms with Gasteiger partial charge in [-0.25, -0.2) is 0 Å². The van der Waals surface area contributed by atoms with Crippen LogP contribution in [0.25, 0.3) is 0 Å². The first-order chi connectivity index (χ1) is 30.1. The number of allylic oxidation sites excluding steroid dienone is 6. The van der Waals surface area contributed by atoms with Gasteiger partial charge in [0.25, 0.3) is 0 Å². The molecule has 0 heterocycles. The van der Waals surface area contributed by atoms with Crippen molar-refractivity contribution in [1.29, 1.82) is 0 Å². The summed E-state index contributed by atoms with van der Waals surface area (Å²) in [6.07, 6.45) is -18.4. The van der Waals surface area contributed by atoms with Crippen LogP contribution >= 0.6 is 0 Å². The summed E-state index contributed by atoms with van der Waals surface area (Å²) in [6, 6.07) is 0. The average Bonchev–Trinajstić information content (AvgIpc) is 3.79. The molecule has 6 rings (SSSR count). The van der Waals surface area contributed by atoms with E-state index in [1.165, 1.54) is 20.8 Å². The number of aliphatic hydroxyl groups excluding tert-OH is 3. The summed E-state index contributed by atoms with van der Waals surface area (Å²) in [6.45, 7) is 13.5. The Morgan fingerprint density at radius 2 is 0.629 bits per heavy atom. The molecule has 6 nitrogen and oxygen atoms in total. The van der Waals surface area contributed by atoms with Gasteiger partial charge in [-0.1, -0.05) is 62.3 Å². The molecule has 0 aromatic carbocycles. The molecule has 70 heavy (non-hydrogen) atoms. The monoisotopic (exact) mass is 1220 g/mol. The van der Waals surface area contributed by atoms with Crippen LogP contribution in [0, 0.1) is 97.2 Å². The maximum Gasteiger partial charge on any atom is 0.460 e. The molecular formula is C42H45F21O6Yb. The first kappa shape index (κ1) is 62.0. The smallest absolute Gasteiger partial charge is 0.460 e. The van der Waals surface area contributed by atoms with Gasteiger partial charge in [0.2, 0.25) is 0 Å². The molecule has 0 radical (unpaired) electrons. The van der Waals surface area contributed by atoms with Crippen LogP contribution in [0.2, 0.25) is 0 Å². The number of hydrogen-bond acceptors (Lipinski definition) is 6. The van der Waals surface area contributed by atoms with Crippen LogP contribution < -0.4 is 0 Å². The van der Waals surface area contributed by atoms with Crippen LogP contribution in [0.15, 0.2) is 34.0 Å². The second-order valence-corrected chi connectivity index (χ2v) is 20.6. The van der Waals surface area contributed by atoms with Crippen molar-refractivity contribution >= 4 is 17.3 Å². The zero-order valence-corrected chi connectivity index (χ0v) is 39.5. The molecule has 0 spiro atoms. The summed E-state index contributed by atoms with van der Waals surface area (Å²) >= 11 is 0. The molecule has 0 aromatic rings. The van der Waals surface area contributed by atoms with Gasteiger partial charge in [-0.3, -0.25) is 14.4 Å². The number of halogens is 21. The molecule has 6 aliphatic rings. The standard InChI is InChI=1S/3C14H15F7O2.Yb/c1-10(2)6-4-5-11(10,3)7(8(6)22)9(23)12(15,16)13(17,18)14(19,20)21;2*1-10(2)6-4-5-11(10,3)8(22)7(6)9(23)12(15,16)13(17,18)14(19,20)21;/h3*6,23H,4-5H2,1-3H3;/b;9-7+;;. The van der Waals surface area contributed by atoms with Crippen molar-refractivity contribution in [1.82, 2.24) is 0 Å². The third-order valence-electron chi connectivity index (χ3n) is 16.9. The van der Waals surface area contributed by atoms with Gasteiger partial charge in [-0.05, 0) is 66.6 Å². The van der Waals surface area contributed by atoms with Crippen molar-refractivity contribution in [3.05, 3.63) is 34.0 Å². The minimum Gasteiger partial charge on any atom is -0.506 e. The Hall–Kier alpha value is -2.32. The van der Waals surface area contributed by atoms with Crippen LogP contribution in [0.1, 0.15) is 101 Å². The van der Waals surface area contributed by atoms with Crippen molar-refractivity contribution < 1.29 is 169 Å². The van der Waals surface area contributed by atoms with E-state index in [2.05, 4.69) is 0 Å². The summed E-state index contributed by atoms with van der Waals surface area (Å²) in [7, 11) is 0. The second-order valence-electron chi connectivity index (χ2n) is 20.6. The van der Waals surface area contributed by atoms with E-state index < -0.39 is 156 Å². The van der Waals surface area contributed by atoms with E-state index in [1.807, 2.05) is 0 Å². The fourth-order valence-corrected chi connectivity index (χ4v) is 11.0. The zero-order valence-electron chi connectivity index (χ0n) is 37.7.